The first-order valence-electron chi connectivity index (χ1n) is 10.3. The van der Waals surface area contributed by atoms with Gasteiger partial charge < -0.3 is 9.47 Å². The van der Waals surface area contributed by atoms with E-state index in [1.165, 1.54) is 0 Å². The fourth-order valence-electron chi connectivity index (χ4n) is 2.73. The van der Waals surface area contributed by atoms with Crippen molar-refractivity contribution >= 4 is 11.9 Å². The van der Waals surface area contributed by atoms with Crippen LogP contribution in [0.25, 0.3) is 0 Å². The van der Waals surface area contributed by atoms with Gasteiger partial charge in [-0.2, -0.15) is 0 Å². The summed E-state index contributed by atoms with van der Waals surface area (Å²) in [5, 5.41) is 0. The van der Waals surface area contributed by atoms with Gasteiger partial charge in [-0.15, -0.1) is 0 Å². The summed E-state index contributed by atoms with van der Waals surface area (Å²) in [5.74, 6) is 0.278. The second kappa shape index (κ2) is 16.4. The Morgan fingerprint density at radius 2 is 1.24 bits per heavy atom. The Balaban J connectivity index is 3.50. The Kier molecular flexibility index (Phi) is 15.7. The van der Waals surface area contributed by atoms with Crippen LogP contribution >= 0.6 is 0 Å². The molecule has 0 spiro atoms. The molecule has 0 aliphatic carbocycles. The van der Waals surface area contributed by atoms with Gasteiger partial charge in [0.2, 0.25) is 0 Å². The van der Waals surface area contributed by atoms with Gasteiger partial charge in [0, 0.05) is 12.8 Å². The molecule has 0 saturated heterocycles. The average molecular weight is 357 g/mol. The Morgan fingerprint density at radius 1 is 0.760 bits per heavy atom. The molecular formula is C21H40O4. The van der Waals surface area contributed by atoms with E-state index in [1.807, 2.05) is 13.8 Å². The van der Waals surface area contributed by atoms with E-state index in [-0.39, 0.29) is 18.0 Å². The van der Waals surface area contributed by atoms with E-state index < -0.39 is 0 Å². The molecule has 0 heterocycles. The van der Waals surface area contributed by atoms with E-state index in [9.17, 15) is 9.59 Å². The first-order valence-corrected chi connectivity index (χ1v) is 10.3. The standard InChI is InChI=1S/C21H40O4/c1-5-13-19(14-6-2)25-21(23)16-12-10-8-7-9-11-15-20(22)24-17-18(3)4/h18-19H,5-17H2,1-4H3. The third-order valence-electron chi connectivity index (χ3n) is 4.11. The molecule has 4 nitrogen and oxygen atoms in total. The molecule has 0 aliphatic heterocycles. The summed E-state index contributed by atoms with van der Waals surface area (Å²) in [6.07, 6.45) is 11.4. The van der Waals surface area contributed by atoms with Gasteiger partial charge in [-0.25, -0.2) is 0 Å². The van der Waals surface area contributed by atoms with Gasteiger partial charge >= 0.3 is 11.9 Å². The third kappa shape index (κ3) is 16.2. The molecule has 0 unspecified atom stereocenters. The Morgan fingerprint density at radius 3 is 1.72 bits per heavy atom. The fraction of sp³-hybridized carbons (Fsp3) is 0.905. The van der Waals surface area contributed by atoms with Gasteiger partial charge in [0.05, 0.1) is 6.61 Å². The van der Waals surface area contributed by atoms with Gasteiger partial charge in [0.15, 0.2) is 0 Å². The van der Waals surface area contributed by atoms with Crippen LogP contribution in [0, 0.1) is 5.92 Å². The summed E-state index contributed by atoms with van der Waals surface area (Å²) in [5.41, 5.74) is 0. The summed E-state index contributed by atoms with van der Waals surface area (Å²) in [4.78, 5) is 23.3. The summed E-state index contributed by atoms with van der Waals surface area (Å²) in [6, 6.07) is 0. The van der Waals surface area contributed by atoms with Crippen molar-refractivity contribution in [2.24, 2.45) is 5.92 Å². The zero-order valence-electron chi connectivity index (χ0n) is 17.0. The van der Waals surface area contributed by atoms with E-state index in [4.69, 9.17) is 9.47 Å². The highest BCUT2D eigenvalue weighted by atomic mass is 16.5. The minimum atomic E-state index is -0.0786. The second-order valence-corrected chi connectivity index (χ2v) is 7.39. The van der Waals surface area contributed by atoms with Crippen LogP contribution in [-0.4, -0.2) is 24.6 Å². The monoisotopic (exact) mass is 356 g/mol. The van der Waals surface area contributed by atoms with Gasteiger partial charge in [-0.05, 0) is 31.6 Å². The van der Waals surface area contributed by atoms with Crippen molar-refractivity contribution in [1.82, 2.24) is 0 Å². The summed E-state index contributed by atoms with van der Waals surface area (Å²) < 4.78 is 10.7. The number of unbranched alkanes of at least 4 members (excludes halogenated alkanes) is 5. The number of ether oxygens (including phenoxy) is 2. The van der Waals surface area contributed by atoms with Crippen molar-refractivity contribution in [3.8, 4) is 0 Å². The molecule has 4 heteroatoms. The molecule has 0 N–H and O–H groups in total. The van der Waals surface area contributed by atoms with Crippen molar-refractivity contribution in [3.63, 3.8) is 0 Å². The average Bonchev–Trinajstić information content (AvgIpc) is 2.55. The lowest BCUT2D eigenvalue weighted by Crippen LogP contribution is -2.17. The molecule has 0 radical (unpaired) electrons. The lowest BCUT2D eigenvalue weighted by atomic mass is 10.1. The molecule has 0 amide bonds. The predicted molar refractivity (Wildman–Crippen MR) is 102 cm³/mol. The normalized spacial score (nSPS) is 11.1. The Labute approximate surface area is 155 Å². The molecule has 0 atom stereocenters. The lowest BCUT2D eigenvalue weighted by molar-refractivity contribution is -0.150. The highest BCUT2D eigenvalue weighted by Crippen LogP contribution is 2.13. The van der Waals surface area contributed by atoms with Crippen LogP contribution in [-0.2, 0) is 19.1 Å². The molecule has 0 aromatic rings. The van der Waals surface area contributed by atoms with Crippen molar-refractivity contribution in [2.75, 3.05) is 6.61 Å². The van der Waals surface area contributed by atoms with Crippen molar-refractivity contribution in [2.45, 2.75) is 111 Å². The van der Waals surface area contributed by atoms with E-state index in [2.05, 4.69) is 13.8 Å². The first kappa shape index (κ1) is 23.9. The van der Waals surface area contributed by atoms with Gasteiger partial charge in [-0.1, -0.05) is 66.2 Å². The van der Waals surface area contributed by atoms with Gasteiger partial charge in [0.25, 0.3) is 0 Å². The maximum Gasteiger partial charge on any atom is 0.306 e. The zero-order chi connectivity index (χ0) is 18.9. The van der Waals surface area contributed by atoms with E-state index in [0.29, 0.717) is 25.4 Å². The third-order valence-corrected chi connectivity index (χ3v) is 4.11. The molecule has 0 bridgehead atoms. The number of carbonyl (C=O) groups excluding carboxylic acids is 2. The van der Waals surface area contributed by atoms with Gasteiger partial charge in [0.1, 0.15) is 6.10 Å². The highest BCUT2D eigenvalue weighted by Gasteiger charge is 2.12. The second-order valence-electron chi connectivity index (χ2n) is 7.39. The van der Waals surface area contributed by atoms with E-state index >= 15 is 0 Å². The first-order chi connectivity index (χ1) is 12.0. The number of hydrogen-bond donors (Lipinski definition) is 0. The van der Waals surface area contributed by atoms with Crippen LogP contribution in [0.5, 0.6) is 0 Å². The summed E-state index contributed by atoms with van der Waals surface area (Å²) in [7, 11) is 0. The van der Waals surface area contributed by atoms with Crippen LogP contribution in [0.2, 0.25) is 0 Å². The molecule has 0 aliphatic rings. The smallest absolute Gasteiger partial charge is 0.306 e. The van der Waals surface area contributed by atoms with Gasteiger partial charge in [-0.3, -0.25) is 9.59 Å². The minimum absolute atomic E-state index is 0.0419. The molecule has 0 aromatic carbocycles. The SMILES string of the molecule is CCCC(CCC)OC(=O)CCCCCCCCC(=O)OCC(C)C. The van der Waals surface area contributed by atoms with Crippen LogP contribution in [0.15, 0.2) is 0 Å². The molecule has 0 aromatic heterocycles. The Bertz CT molecular complexity index is 333. The van der Waals surface area contributed by atoms with Crippen molar-refractivity contribution in [3.05, 3.63) is 0 Å². The molecular weight excluding hydrogens is 316 g/mol. The maximum atomic E-state index is 11.8. The zero-order valence-corrected chi connectivity index (χ0v) is 17.0. The fourth-order valence-corrected chi connectivity index (χ4v) is 2.73. The molecule has 25 heavy (non-hydrogen) atoms. The van der Waals surface area contributed by atoms with Crippen LogP contribution < -0.4 is 0 Å². The topological polar surface area (TPSA) is 52.6 Å². The largest absolute Gasteiger partial charge is 0.465 e. The number of carbonyl (C=O) groups is 2. The van der Waals surface area contributed by atoms with Crippen LogP contribution in [0.4, 0.5) is 0 Å². The van der Waals surface area contributed by atoms with Crippen molar-refractivity contribution in [1.29, 1.82) is 0 Å². The highest BCUT2D eigenvalue weighted by molar-refractivity contribution is 5.69. The molecule has 0 rings (SSSR count). The molecule has 0 fully saturated rings. The lowest BCUT2D eigenvalue weighted by Gasteiger charge is -2.16. The predicted octanol–water partition coefficient (Wildman–Crippen LogP) is 5.82. The Hall–Kier alpha value is -1.06. The number of rotatable bonds is 16. The van der Waals surface area contributed by atoms with E-state index in [0.717, 1.165) is 64.2 Å². The van der Waals surface area contributed by atoms with Crippen LogP contribution in [0.1, 0.15) is 105 Å². The quantitative estimate of drug-likeness (QED) is 0.258. The number of hydrogen-bond acceptors (Lipinski definition) is 4. The summed E-state index contributed by atoms with van der Waals surface area (Å²) >= 11 is 0. The van der Waals surface area contributed by atoms with Crippen LogP contribution in [0.3, 0.4) is 0 Å². The molecule has 148 valence electrons. The number of esters is 2. The molecule has 0 saturated carbocycles. The minimum Gasteiger partial charge on any atom is -0.465 e. The van der Waals surface area contributed by atoms with Crippen molar-refractivity contribution < 1.29 is 19.1 Å². The maximum absolute atomic E-state index is 11.8. The summed E-state index contributed by atoms with van der Waals surface area (Å²) in [6.45, 7) is 8.85. The van der Waals surface area contributed by atoms with E-state index in [1.54, 1.807) is 0 Å².